The van der Waals surface area contributed by atoms with E-state index in [0.717, 1.165) is 0 Å². The van der Waals surface area contributed by atoms with Gasteiger partial charge in [0, 0.05) is 6.54 Å². The Labute approximate surface area is 59.3 Å². The predicted octanol–water partition coefficient (Wildman–Crippen LogP) is 1.01. The van der Waals surface area contributed by atoms with Gasteiger partial charge in [0.1, 0.15) is 6.61 Å². The summed E-state index contributed by atoms with van der Waals surface area (Å²) in [5.74, 6) is 0. The summed E-state index contributed by atoms with van der Waals surface area (Å²) < 4.78 is 27.8. The van der Waals surface area contributed by atoms with Gasteiger partial charge in [-0.1, -0.05) is 0 Å². The van der Waals surface area contributed by atoms with Crippen molar-refractivity contribution in [3.8, 4) is 0 Å². The average molecular weight is 153 g/mol. The zero-order chi connectivity index (χ0) is 8.20. The van der Waals surface area contributed by atoms with Gasteiger partial charge in [0.2, 0.25) is 0 Å². The molecule has 0 aromatic heterocycles. The number of hydrogen-bond donors (Lipinski definition) is 1. The molecule has 0 rings (SSSR count). The van der Waals surface area contributed by atoms with Crippen LogP contribution in [0.4, 0.5) is 8.78 Å². The third-order valence-electron chi connectivity index (χ3n) is 1.09. The molecule has 0 fully saturated rings. The van der Waals surface area contributed by atoms with Crippen LogP contribution in [0.25, 0.3) is 0 Å². The van der Waals surface area contributed by atoms with E-state index >= 15 is 0 Å². The highest BCUT2D eigenvalue weighted by Crippen LogP contribution is 2.07. The SMILES string of the molecule is CC(C)(CN)OCC(F)F. The van der Waals surface area contributed by atoms with Crippen molar-refractivity contribution in [3.63, 3.8) is 0 Å². The lowest BCUT2D eigenvalue weighted by atomic mass is 10.1. The molecule has 0 spiro atoms. The van der Waals surface area contributed by atoms with Gasteiger partial charge in [-0.05, 0) is 13.8 Å². The number of halogens is 2. The predicted molar refractivity (Wildman–Crippen MR) is 35.1 cm³/mol. The third-order valence-corrected chi connectivity index (χ3v) is 1.09. The molecule has 0 saturated heterocycles. The lowest BCUT2D eigenvalue weighted by Gasteiger charge is -2.22. The first-order valence-corrected chi connectivity index (χ1v) is 3.10. The molecule has 2 nitrogen and oxygen atoms in total. The van der Waals surface area contributed by atoms with Gasteiger partial charge in [-0.3, -0.25) is 0 Å². The molecule has 0 aliphatic rings. The Bertz CT molecular complexity index is 95.7. The molecular formula is C6H13F2NO. The van der Waals surface area contributed by atoms with Crippen molar-refractivity contribution in [1.29, 1.82) is 0 Å². The maximum absolute atomic E-state index is 11.5. The molecular weight excluding hydrogens is 140 g/mol. The fourth-order valence-electron chi connectivity index (χ4n) is 0.348. The van der Waals surface area contributed by atoms with E-state index in [0.29, 0.717) is 0 Å². The highest BCUT2D eigenvalue weighted by molar-refractivity contribution is 4.68. The summed E-state index contributed by atoms with van der Waals surface area (Å²) in [5, 5.41) is 0. The van der Waals surface area contributed by atoms with Crippen LogP contribution in [-0.2, 0) is 4.74 Å². The third kappa shape index (κ3) is 4.64. The van der Waals surface area contributed by atoms with E-state index in [1.54, 1.807) is 13.8 Å². The molecule has 0 aliphatic heterocycles. The van der Waals surface area contributed by atoms with E-state index in [4.69, 9.17) is 10.5 Å². The van der Waals surface area contributed by atoms with Gasteiger partial charge in [0.05, 0.1) is 5.60 Å². The van der Waals surface area contributed by atoms with Crippen molar-refractivity contribution in [2.75, 3.05) is 13.2 Å². The Morgan fingerprint density at radius 1 is 1.50 bits per heavy atom. The maximum Gasteiger partial charge on any atom is 0.261 e. The van der Waals surface area contributed by atoms with Crippen molar-refractivity contribution in [1.82, 2.24) is 0 Å². The molecule has 0 radical (unpaired) electrons. The Kier molecular flexibility index (Phi) is 3.75. The second kappa shape index (κ2) is 3.83. The van der Waals surface area contributed by atoms with Crippen LogP contribution in [-0.4, -0.2) is 25.2 Å². The molecule has 62 valence electrons. The number of ether oxygens (including phenoxy) is 1. The minimum absolute atomic E-state index is 0.250. The minimum Gasteiger partial charge on any atom is -0.368 e. The van der Waals surface area contributed by atoms with Crippen molar-refractivity contribution in [2.45, 2.75) is 25.9 Å². The summed E-state index contributed by atoms with van der Waals surface area (Å²) in [6, 6.07) is 0. The normalized spacial score (nSPS) is 12.6. The molecule has 0 amide bonds. The molecule has 0 saturated carbocycles. The Morgan fingerprint density at radius 3 is 2.30 bits per heavy atom. The standard InChI is InChI=1S/C6H13F2NO/c1-6(2,4-9)10-3-5(7)8/h5H,3-4,9H2,1-2H3. The van der Waals surface area contributed by atoms with Crippen LogP contribution < -0.4 is 5.73 Å². The van der Waals surface area contributed by atoms with Crippen LogP contribution in [0.1, 0.15) is 13.8 Å². The van der Waals surface area contributed by atoms with Gasteiger partial charge in [-0.2, -0.15) is 0 Å². The van der Waals surface area contributed by atoms with Gasteiger partial charge >= 0.3 is 0 Å². The van der Waals surface area contributed by atoms with E-state index in [1.807, 2.05) is 0 Å². The molecule has 0 unspecified atom stereocenters. The van der Waals surface area contributed by atoms with Gasteiger partial charge in [-0.25, -0.2) is 8.78 Å². The average Bonchev–Trinajstić information content (AvgIpc) is 1.85. The maximum atomic E-state index is 11.5. The molecule has 0 aromatic rings. The molecule has 4 heteroatoms. The van der Waals surface area contributed by atoms with Gasteiger partial charge in [-0.15, -0.1) is 0 Å². The van der Waals surface area contributed by atoms with Crippen LogP contribution in [0.2, 0.25) is 0 Å². The van der Waals surface area contributed by atoms with Crippen LogP contribution in [0.5, 0.6) is 0 Å². The molecule has 0 atom stereocenters. The second-order valence-corrected chi connectivity index (χ2v) is 2.67. The first kappa shape index (κ1) is 9.78. The van der Waals surface area contributed by atoms with Gasteiger partial charge < -0.3 is 10.5 Å². The summed E-state index contributed by atoms with van der Waals surface area (Å²) in [4.78, 5) is 0. The highest BCUT2D eigenvalue weighted by Gasteiger charge is 2.17. The summed E-state index contributed by atoms with van der Waals surface area (Å²) in [5.41, 5.74) is 4.59. The summed E-state index contributed by atoms with van der Waals surface area (Å²) in [6.45, 7) is 3.06. The number of alkyl halides is 2. The van der Waals surface area contributed by atoms with E-state index in [9.17, 15) is 8.78 Å². The van der Waals surface area contributed by atoms with Crippen molar-refractivity contribution in [3.05, 3.63) is 0 Å². The molecule has 10 heavy (non-hydrogen) atoms. The zero-order valence-corrected chi connectivity index (χ0v) is 6.23. The Balaban J connectivity index is 3.46. The Morgan fingerprint density at radius 2 is 2.00 bits per heavy atom. The van der Waals surface area contributed by atoms with E-state index in [1.165, 1.54) is 0 Å². The summed E-state index contributed by atoms with van der Waals surface area (Å²) in [6.07, 6.45) is -2.41. The topological polar surface area (TPSA) is 35.2 Å². The van der Waals surface area contributed by atoms with Gasteiger partial charge in [0.15, 0.2) is 0 Å². The molecule has 0 heterocycles. The smallest absolute Gasteiger partial charge is 0.261 e. The first-order valence-electron chi connectivity index (χ1n) is 3.10. The number of rotatable bonds is 4. The van der Waals surface area contributed by atoms with E-state index in [-0.39, 0.29) is 6.54 Å². The Hall–Kier alpha value is -0.220. The minimum atomic E-state index is -2.41. The highest BCUT2D eigenvalue weighted by atomic mass is 19.3. The van der Waals surface area contributed by atoms with Gasteiger partial charge in [0.25, 0.3) is 6.43 Å². The fourth-order valence-corrected chi connectivity index (χ4v) is 0.348. The van der Waals surface area contributed by atoms with Crippen LogP contribution in [0.15, 0.2) is 0 Å². The quantitative estimate of drug-likeness (QED) is 0.654. The lowest BCUT2D eigenvalue weighted by molar-refractivity contribution is -0.0647. The second-order valence-electron chi connectivity index (χ2n) is 2.67. The molecule has 0 aromatic carbocycles. The van der Waals surface area contributed by atoms with Crippen molar-refractivity contribution >= 4 is 0 Å². The lowest BCUT2D eigenvalue weighted by Crippen LogP contribution is -2.35. The van der Waals surface area contributed by atoms with Crippen LogP contribution in [0.3, 0.4) is 0 Å². The molecule has 0 bridgehead atoms. The first-order chi connectivity index (χ1) is 4.48. The largest absolute Gasteiger partial charge is 0.368 e. The summed E-state index contributed by atoms with van der Waals surface area (Å²) >= 11 is 0. The van der Waals surface area contributed by atoms with Crippen molar-refractivity contribution in [2.24, 2.45) is 5.73 Å². The molecule has 0 aliphatic carbocycles. The van der Waals surface area contributed by atoms with E-state index in [2.05, 4.69) is 0 Å². The van der Waals surface area contributed by atoms with Crippen molar-refractivity contribution < 1.29 is 13.5 Å². The zero-order valence-electron chi connectivity index (χ0n) is 6.23. The number of hydrogen-bond acceptors (Lipinski definition) is 2. The number of nitrogens with two attached hydrogens (primary N) is 1. The monoisotopic (exact) mass is 153 g/mol. The van der Waals surface area contributed by atoms with E-state index < -0.39 is 18.6 Å². The van der Waals surface area contributed by atoms with Crippen LogP contribution >= 0.6 is 0 Å². The molecule has 2 N–H and O–H groups in total. The van der Waals surface area contributed by atoms with Crippen LogP contribution in [0, 0.1) is 0 Å². The summed E-state index contributed by atoms with van der Waals surface area (Å²) in [7, 11) is 0. The fraction of sp³-hybridized carbons (Fsp3) is 1.00.